The zero-order valence-electron chi connectivity index (χ0n) is 22.7. The molecule has 1 aromatic rings. The molecule has 1 aliphatic carbocycles. The fourth-order valence-corrected chi connectivity index (χ4v) is 3.44. The number of benzene rings is 1. The van der Waals surface area contributed by atoms with E-state index in [1.54, 1.807) is 6.08 Å². The van der Waals surface area contributed by atoms with Crippen LogP contribution in [0, 0.1) is 26.1 Å². The number of ether oxygens (including phenoxy) is 4. The summed E-state index contributed by atoms with van der Waals surface area (Å²) >= 11 is 0. The standard InChI is InChI=1S/C28H32N2O11/c1-20(2)27(32)41-16-15-39-26(31)12-9-21-7-10-25(11-8-21)38-13-5-3-4-6-14-40-28(33)22-17-23(29(34)35)19-24(18-22)30(36)37/h7,9-12,17-19,21H,1,3-6,8,13-16H2,2H3/b12-9+. The second-order valence-electron chi connectivity index (χ2n) is 8.96. The predicted octanol–water partition coefficient (Wildman–Crippen LogP) is 4.92. The summed E-state index contributed by atoms with van der Waals surface area (Å²) in [4.78, 5) is 55.4. The number of carbonyl (C=O) groups is 3. The van der Waals surface area contributed by atoms with Gasteiger partial charge in [-0.15, -0.1) is 0 Å². The van der Waals surface area contributed by atoms with Gasteiger partial charge in [-0.2, -0.15) is 0 Å². The Balaban J connectivity index is 1.56. The highest BCUT2D eigenvalue weighted by Gasteiger charge is 2.20. The highest BCUT2D eigenvalue weighted by atomic mass is 16.6. The minimum Gasteiger partial charge on any atom is -0.494 e. The second kappa shape index (κ2) is 17.0. The van der Waals surface area contributed by atoms with Gasteiger partial charge in [-0.25, -0.2) is 14.4 Å². The van der Waals surface area contributed by atoms with Gasteiger partial charge in [0.1, 0.15) is 19.0 Å². The summed E-state index contributed by atoms with van der Waals surface area (Å²) in [5, 5.41) is 21.9. The monoisotopic (exact) mass is 572 g/mol. The normalized spacial score (nSPS) is 14.2. The van der Waals surface area contributed by atoms with Gasteiger partial charge in [0.05, 0.1) is 34.7 Å². The van der Waals surface area contributed by atoms with E-state index in [1.807, 2.05) is 18.2 Å². The van der Waals surface area contributed by atoms with Crippen molar-refractivity contribution in [1.82, 2.24) is 0 Å². The first-order valence-electron chi connectivity index (χ1n) is 12.9. The van der Waals surface area contributed by atoms with E-state index in [1.165, 1.54) is 13.0 Å². The molecule has 0 radical (unpaired) electrons. The van der Waals surface area contributed by atoms with Crippen molar-refractivity contribution in [3.05, 3.63) is 92.3 Å². The average Bonchev–Trinajstić information content (AvgIpc) is 2.95. The van der Waals surface area contributed by atoms with Crippen molar-refractivity contribution in [1.29, 1.82) is 0 Å². The third-order valence-corrected chi connectivity index (χ3v) is 5.59. The van der Waals surface area contributed by atoms with Gasteiger partial charge in [-0.1, -0.05) is 18.7 Å². The topological polar surface area (TPSA) is 174 Å². The van der Waals surface area contributed by atoms with Crippen molar-refractivity contribution in [2.24, 2.45) is 5.92 Å². The van der Waals surface area contributed by atoms with Gasteiger partial charge in [-0.05, 0) is 57.1 Å². The first-order chi connectivity index (χ1) is 19.6. The van der Waals surface area contributed by atoms with Gasteiger partial charge in [0.15, 0.2) is 0 Å². The molecule has 0 saturated carbocycles. The lowest BCUT2D eigenvalue weighted by molar-refractivity contribution is -0.394. The van der Waals surface area contributed by atoms with Gasteiger partial charge in [-0.3, -0.25) is 20.2 Å². The van der Waals surface area contributed by atoms with Crippen LogP contribution in [0.15, 0.2) is 66.5 Å². The number of unbranched alkanes of at least 4 members (excludes halogenated alkanes) is 3. The van der Waals surface area contributed by atoms with Crippen molar-refractivity contribution in [2.75, 3.05) is 26.4 Å². The molecule has 0 saturated heterocycles. The molecular weight excluding hydrogens is 540 g/mol. The fourth-order valence-electron chi connectivity index (χ4n) is 3.44. The number of carbonyl (C=O) groups excluding carboxylic acids is 3. The molecule has 1 unspecified atom stereocenters. The Kier molecular flexibility index (Phi) is 13.4. The molecule has 41 heavy (non-hydrogen) atoms. The summed E-state index contributed by atoms with van der Waals surface area (Å²) in [5.41, 5.74) is -1.09. The van der Waals surface area contributed by atoms with Crippen LogP contribution in [0.5, 0.6) is 0 Å². The Morgan fingerprint density at radius 3 is 2.15 bits per heavy atom. The van der Waals surface area contributed by atoms with E-state index in [-0.39, 0.29) is 36.9 Å². The van der Waals surface area contributed by atoms with Crippen LogP contribution in [0.25, 0.3) is 0 Å². The summed E-state index contributed by atoms with van der Waals surface area (Å²) in [5.74, 6) is -1.17. The molecule has 0 amide bonds. The first-order valence-corrected chi connectivity index (χ1v) is 12.9. The minimum atomic E-state index is -0.859. The molecule has 1 aliphatic rings. The van der Waals surface area contributed by atoms with Crippen molar-refractivity contribution in [3.63, 3.8) is 0 Å². The van der Waals surface area contributed by atoms with E-state index in [0.717, 1.165) is 43.2 Å². The van der Waals surface area contributed by atoms with Crippen LogP contribution in [0.3, 0.4) is 0 Å². The Morgan fingerprint density at radius 2 is 1.56 bits per heavy atom. The zero-order valence-corrected chi connectivity index (χ0v) is 22.7. The smallest absolute Gasteiger partial charge is 0.338 e. The number of nitro groups is 2. The molecule has 220 valence electrons. The number of rotatable bonds is 17. The Morgan fingerprint density at radius 1 is 0.927 bits per heavy atom. The molecule has 13 heteroatoms. The van der Waals surface area contributed by atoms with Gasteiger partial charge in [0, 0.05) is 23.8 Å². The SMILES string of the molecule is C=C(C)C(=O)OCCOC(=O)/C=C/C1C=CC(OCCCCCCOC(=O)c2cc([N+](=O)[O-])cc([N+](=O)[O-])c2)=CC1. The summed E-state index contributed by atoms with van der Waals surface area (Å²) in [7, 11) is 0. The molecule has 0 N–H and O–H groups in total. The molecule has 0 heterocycles. The van der Waals surface area contributed by atoms with Crippen LogP contribution in [-0.4, -0.2) is 54.2 Å². The van der Waals surface area contributed by atoms with E-state index >= 15 is 0 Å². The summed E-state index contributed by atoms with van der Waals surface area (Å²) in [6.45, 7) is 5.48. The quantitative estimate of drug-likeness (QED) is 0.0619. The van der Waals surface area contributed by atoms with E-state index in [9.17, 15) is 34.6 Å². The average molecular weight is 573 g/mol. The van der Waals surface area contributed by atoms with Crippen molar-refractivity contribution in [2.45, 2.75) is 39.0 Å². The van der Waals surface area contributed by atoms with Crippen LogP contribution in [-0.2, 0) is 28.5 Å². The van der Waals surface area contributed by atoms with E-state index < -0.39 is 39.1 Å². The number of nitrogens with zero attached hydrogens (tertiary/aromatic N) is 2. The lowest BCUT2D eigenvalue weighted by atomic mass is 9.99. The Hall–Kier alpha value is -4.81. The number of hydrogen-bond donors (Lipinski definition) is 0. The number of esters is 3. The molecule has 1 atom stereocenters. The van der Waals surface area contributed by atoms with Crippen molar-refractivity contribution in [3.8, 4) is 0 Å². The second-order valence-corrected chi connectivity index (χ2v) is 8.96. The molecule has 0 spiro atoms. The van der Waals surface area contributed by atoms with Crippen molar-refractivity contribution >= 4 is 29.3 Å². The van der Waals surface area contributed by atoms with E-state index in [4.69, 9.17) is 18.9 Å². The first kappa shape index (κ1) is 32.4. The molecule has 0 fully saturated rings. The molecular formula is C28H32N2O11. The molecule has 1 aromatic carbocycles. The largest absolute Gasteiger partial charge is 0.494 e. The molecule has 0 bridgehead atoms. The highest BCUT2D eigenvalue weighted by Crippen LogP contribution is 2.23. The van der Waals surface area contributed by atoms with Crippen LogP contribution in [0.4, 0.5) is 11.4 Å². The number of nitro benzene ring substituents is 2. The molecule has 0 aromatic heterocycles. The number of hydrogen-bond acceptors (Lipinski definition) is 11. The van der Waals surface area contributed by atoms with Crippen LogP contribution < -0.4 is 0 Å². The van der Waals surface area contributed by atoms with E-state index in [2.05, 4.69) is 6.58 Å². The minimum absolute atomic E-state index is 0.0204. The van der Waals surface area contributed by atoms with Crippen LogP contribution in [0.1, 0.15) is 49.4 Å². The van der Waals surface area contributed by atoms with Gasteiger partial charge in [0.2, 0.25) is 0 Å². The van der Waals surface area contributed by atoms with Crippen LogP contribution in [0.2, 0.25) is 0 Å². The molecule has 2 rings (SSSR count). The summed E-state index contributed by atoms with van der Waals surface area (Å²) in [6, 6.07) is 2.68. The number of allylic oxidation sites excluding steroid dienone is 4. The Labute approximate surface area is 236 Å². The fraction of sp³-hybridized carbons (Fsp3) is 0.393. The highest BCUT2D eigenvalue weighted by molar-refractivity contribution is 5.91. The lowest BCUT2D eigenvalue weighted by Crippen LogP contribution is -2.13. The lowest BCUT2D eigenvalue weighted by Gasteiger charge is -2.14. The Bertz CT molecular complexity index is 1200. The van der Waals surface area contributed by atoms with Gasteiger partial charge in [0.25, 0.3) is 11.4 Å². The summed E-state index contributed by atoms with van der Waals surface area (Å²) < 4.78 is 20.7. The maximum atomic E-state index is 12.1. The van der Waals surface area contributed by atoms with Crippen LogP contribution >= 0.6 is 0 Å². The molecule has 13 nitrogen and oxygen atoms in total. The van der Waals surface area contributed by atoms with E-state index in [0.29, 0.717) is 19.4 Å². The number of non-ortho nitro benzene ring substituents is 2. The predicted molar refractivity (Wildman–Crippen MR) is 146 cm³/mol. The summed E-state index contributed by atoms with van der Waals surface area (Å²) in [6.07, 6.45) is 12.3. The van der Waals surface area contributed by atoms with Crippen molar-refractivity contribution < 1.29 is 43.2 Å². The van der Waals surface area contributed by atoms with Gasteiger partial charge < -0.3 is 18.9 Å². The van der Waals surface area contributed by atoms with Gasteiger partial charge >= 0.3 is 17.9 Å². The third-order valence-electron chi connectivity index (χ3n) is 5.59. The maximum absolute atomic E-state index is 12.1. The third kappa shape index (κ3) is 12.3. The zero-order chi connectivity index (χ0) is 30.2. The molecule has 0 aliphatic heterocycles. The maximum Gasteiger partial charge on any atom is 0.338 e.